The first kappa shape index (κ1) is 18.1. The second kappa shape index (κ2) is 6.70. The Hall–Kier alpha value is -3.30. The van der Waals surface area contributed by atoms with Crippen LogP contribution in [0.1, 0.15) is 46.4 Å². The molecule has 1 fully saturated rings. The Balaban J connectivity index is 1.58. The van der Waals surface area contributed by atoms with E-state index in [1.54, 1.807) is 29.9 Å². The van der Waals surface area contributed by atoms with Crippen molar-refractivity contribution >= 4 is 23.1 Å². The van der Waals surface area contributed by atoms with Gasteiger partial charge < -0.3 is 10.2 Å². The van der Waals surface area contributed by atoms with Crippen LogP contribution < -0.4 is 5.32 Å². The molecule has 1 aliphatic heterocycles. The van der Waals surface area contributed by atoms with Gasteiger partial charge in [0.25, 0.3) is 11.8 Å². The maximum Gasteiger partial charge on any atom is 0.274 e. The molecule has 4 heterocycles. The molecule has 0 aromatic carbocycles. The predicted octanol–water partition coefficient (Wildman–Crippen LogP) is 1.63. The molecular weight excluding hydrogens is 365 g/mol. The normalized spacial score (nSPS) is 14.5. The van der Waals surface area contributed by atoms with Gasteiger partial charge in [-0.15, -0.1) is 0 Å². The third kappa shape index (κ3) is 3.10. The molecule has 0 saturated carbocycles. The number of likely N-dealkylation sites (tertiary alicyclic amines) is 1. The number of carbonyl (C=O) groups is 2. The predicted molar refractivity (Wildman–Crippen MR) is 99.0 cm³/mol. The van der Waals surface area contributed by atoms with Crippen molar-refractivity contribution in [3.63, 3.8) is 0 Å². The fourth-order valence-electron chi connectivity index (χ4n) is 3.04. The van der Waals surface area contributed by atoms with Crippen LogP contribution in [0.5, 0.6) is 0 Å². The lowest BCUT2D eigenvalue weighted by atomic mass is 10.1. The Labute approximate surface area is 160 Å². The molecular formula is C18H20FN7O2. The molecule has 0 spiro atoms. The second-order valence-electron chi connectivity index (χ2n) is 7.13. The van der Waals surface area contributed by atoms with Crippen LogP contribution in [0.4, 0.5) is 10.1 Å². The number of amides is 2. The smallest absolute Gasteiger partial charge is 0.274 e. The highest BCUT2D eigenvalue weighted by Crippen LogP contribution is 2.20. The Morgan fingerprint density at radius 3 is 2.75 bits per heavy atom. The summed E-state index contributed by atoms with van der Waals surface area (Å²) >= 11 is 0. The number of fused-ring (bicyclic) bond motifs is 1. The molecule has 2 amide bonds. The summed E-state index contributed by atoms with van der Waals surface area (Å²) in [7, 11) is 1.58. The van der Waals surface area contributed by atoms with Crippen LogP contribution >= 0.6 is 0 Å². The number of aryl methyl sites for hydroxylation is 1. The Morgan fingerprint density at radius 2 is 2.07 bits per heavy atom. The molecule has 0 unspecified atom stereocenters. The van der Waals surface area contributed by atoms with E-state index in [4.69, 9.17) is 0 Å². The lowest BCUT2D eigenvalue weighted by Crippen LogP contribution is -2.51. The molecule has 28 heavy (non-hydrogen) atoms. The summed E-state index contributed by atoms with van der Waals surface area (Å²) in [4.78, 5) is 31.1. The van der Waals surface area contributed by atoms with Gasteiger partial charge in [0.2, 0.25) is 0 Å². The maximum absolute atomic E-state index is 13.1. The Bertz CT molecular complexity index is 1070. The summed E-state index contributed by atoms with van der Waals surface area (Å²) in [5, 5.41) is 11.2. The summed E-state index contributed by atoms with van der Waals surface area (Å²) < 4.78 is 16.0. The second-order valence-corrected chi connectivity index (χ2v) is 7.13. The van der Waals surface area contributed by atoms with Crippen LogP contribution in [0, 0.1) is 0 Å². The van der Waals surface area contributed by atoms with Gasteiger partial charge in [-0.3, -0.25) is 14.3 Å². The highest BCUT2D eigenvalue weighted by atomic mass is 19.1. The van der Waals surface area contributed by atoms with E-state index in [0.717, 1.165) is 0 Å². The van der Waals surface area contributed by atoms with E-state index in [-0.39, 0.29) is 30.3 Å². The number of hydrogen-bond donors (Lipinski definition) is 1. The minimum absolute atomic E-state index is 0.0382. The summed E-state index contributed by atoms with van der Waals surface area (Å²) in [5.74, 6) is 0.0188. The largest absolute Gasteiger partial charge is 0.333 e. The standard InChI is InChI=1S/C18H20FN7O2/c1-10(2)16-22-14-6-12(4-5-26(14)23-16)21-17(27)15-13(7-20-24(15)3)18(28)25-8-11(19)9-25/h4-7,10-11H,8-9H2,1-3H3,(H,21,27). The highest BCUT2D eigenvalue weighted by Gasteiger charge is 2.34. The molecule has 0 bridgehead atoms. The van der Waals surface area contributed by atoms with E-state index in [9.17, 15) is 14.0 Å². The molecule has 0 radical (unpaired) electrons. The summed E-state index contributed by atoms with van der Waals surface area (Å²) in [6.45, 7) is 4.08. The number of anilines is 1. The third-order valence-corrected chi connectivity index (χ3v) is 4.64. The summed E-state index contributed by atoms with van der Waals surface area (Å²) in [6.07, 6.45) is 2.03. The number of pyridine rings is 1. The number of rotatable bonds is 4. The van der Waals surface area contributed by atoms with Gasteiger partial charge in [-0.2, -0.15) is 10.2 Å². The monoisotopic (exact) mass is 385 g/mol. The molecule has 10 heteroatoms. The number of nitrogens with zero attached hydrogens (tertiary/aromatic N) is 6. The van der Waals surface area contributed by atoms with Crippen molar-refractivity contribution in [2.75, 3.05) is 18.4 Å². The van der Waals surface area contributed by atoms with Crippen LogP contribution in [0.2, 0.25) is 0 Å². The highest BCUT2D eigenvalue weighted by molar-refractivity contribution is 6.11. The molecule has 0 aliphatic carbocycles. The number of alkyl halides is 1. The minimum atomic E-state index is -1.01. The van der Waals surface area contributed by atoms with Crippen molar-refractivity contribution < 1.29 is 14.0 Å². The Morgan fingerprint density at radius 1 is 1.32 bits per heavy atom. The molecule has 0 atom stereocenters. The van der Waals surface area contributed by atoms with Gasteiger partial charge in [-0.05, 0) is 6.07 Å². The molecule has 4 rings (SSSR count). The van der Waals surface area contributed by atoms with E-state index in [1.165, 1.54) is 15.8 Å². The molecule has 3 aromatic heterocycles. The van der Waals surface area contributed by atoms with E-state index >= 15 is 0 Å². The third-order valence-electron chi connectivity index (χ3n) is 4.64. The average molecular weight is 385 g/mol. The van der Waals surface area contributed by atoms with E-state index < -0.39 is 18.0 Å². The molecule has 1 saturated heterocycles. The number of nitrogens with one attached hydrogen (secondary N) is 1. The molecule has 146 valence electrons. The fourth-order valence-corrected chi connectivity index (χ4v) is 3.04. The van der Waals surface area contributed by atoms with E-state index in [2.05, 4.69) is 20.5 Å². The average Bonchev–Trinajstić information content (AvgIpc) is 3.21. The number of carbonyl (C=O) groups excluding carboxylic acids is 2. The van der Waals surface area contributed by atoms with Gasteiger partial charge >= 0.3 is 0 Å². The van der Waals surface area contributed by atoms with E-state index in [0.29, 0.717) is 17.2 Å². The molecule has 3 aromatic rings. The zero-order valence-electron chi connectivity index (χ0n) is 15.8. The lowest BCUT2D eigenvalue weighted by Gasteiger charge is -2.34. The van der Waals surface area contributed by atoms with Crippen molar-refractivity contribution in [3.05, 3.63) is 41.6 Å². The van der Waals surface area contributed by atoms with E-state index in [1.807, 2.05) is 13.8 Å². The SMILES string of the molecule is CC(C)c1nc2cc(NC(=O)c3c(C(=O)N4CC(F)C4)cnn3C)ccn2n1. The topological polar surface area (TPSA) is 97.4 Å². The summed E-state index contributed by atoms with van der Waals surface area (Å²) in [5.41, 5.74) is 1.40. The first-order valence-electron chi connectivity index (χ1n) is 8.96. The maximum atomic E-state index is 13.1. The minimum Gasteiger partial charge on any atom is -0.333 e. The van der Waals surface area contributed by atoms with Crippen molar-refractivity contribution in [3.8, 4) is 0 Å². The van der Waals surface area contributed by atoms with Crippen molar-refractivity contribution in [2.24, 2.45) is 7.05 Å². The van der Waals surface area contributed by atoms with Crippen LogP contribution in [0.25, 0.3) is 5.65 Å². The zero-order valence-corrected chi connectivity index (χ0v) is 15.8. The molecule has 1 aliphatic rings. The van der Waals surface area contributed by atoms with Gasteiger partial charge in [0.1, 0.15) is 11.9 Å². The van der Waals surface area contributed by atoms with Gasteiger partial charge in [0.15, 0.2) is 11.5 Å². The van der Waals surface area contributed by atoms with Crippen LogP contribution in [0.15, 0.2) is 24.5 Å². The van der Waals surface area contributed by atoms with Crippen LogP contribution in [-0.4, -0.2) is 60.4 Å². The Kier molecular flexibility index (Phi) is 4.33. The first-order chi connectivity index (χ1) is 13.3. The number of aromatic nitrogens is 5. The van der Waals surface area contributed by atoms with Gasteiger partial charge in [-0.25, -0.2) is 13.9 Å². The van der Waals surface area contributed by atoms with Crippen LogP contribution in [-0.2, 0) is 7.05 Å². The quantitative estimate of drug-likeness (QED) is 0.736. The van der Waals surface area contributed by atoms with Gasteiger partial charge in [-0.1, -0.05) is 13.8 Å². The zero-order chi connectivity index (χ0) is 20.0. The first-order valence-corrected chi connectivity index (χ1v) is 8.96. The fraction of sp³-hybridized carbons (Fsp3) is 0.389. The van der Waals surface area contributed by atoms with Gasteiger partial charge in [0.05, 0.1) is 24.8 Å². The number of hydrogen-bond acceptors (Lipinski definition) is 5. The van der Waals surface area contributed by atoms with Crippen molar-refractivity contribution in [2.45, 2.75) is 25.9 Å². The van der Waals surface area contributed by atoms with Gasteiger partial charge in [0, 0.05) is 30.9 Å². The van der Waals surface area contributed by atoms with Crippen molar-refractivity contribution in [1.82, 2.24) is 29.3 Å². The van der Waals surface area contributed by atoms with Crippen molar-refractivity contribution in [1.29, 1.82) is 0 Å². The summed E-state index contributed by atoms with van der Waals surface area (Å²) in [6, 6.07) is 3.41. The molecule has 9 nitrogen and oxygen atoms in total. The number of halogens is 1. The van der Waals surface area contributed by atoms with Crippen LogP contribution in [0.3, 0.4) is 0 Å². The molecule has 1 N–H and O–H groups in total. The lowest BCUT2D eigenvalue weighted by molar-refractivity contribution is 0.0398.